The molecule has 0 radical (unpaired) electrons. The molecular formula is C26H39ClO5. The molecule has 1 aliphatic carbocycles. The van der Waals surface area contributed by atoms with Crippen LogP contribution >= 0.6 is 11.6 Å². The first-order valence-corrected chi connectivity index (χ1v) is 12.4. The Kier molecular flexibility index (Phi) is 12.3. The van der Waals surface area contributed by atoms with E-state index in [2.05, 4.69) is 19.1 Å². The minimum atomic E-state index is -0.475. The fraction of sp³-hybridized carbons (Fsp3) is 0.654. The Morgan fingerprint density at radius 3 is 2.66 bits per heavy atom. The van der Waals surface area contributed by atoms with Crippen molar-refractivity contribution in [3.05, 3.63) is 47.5 Å². The van der Waals surface area contributed by atoms with E-state index in [1.165, 1.54) is 0 Å². The maximum Gasteiger partial charge on any atom is 0.305 e. The zero-order valence-electron chi connectivity index (χ0n) is 19.2. The van der Waals surface area contributed by atoms with E-state index in [0.717, 1.165) is 49.7 Å². The van der Waals surface area contributed by atoms with Gasteiger partial charge in [0, 0.05) is 17.7 Å². The number of alkyl halides is 1. The summed E-state index contributed by atoms with van der Waals surface area (Å²) in [4.78, 5) is 11.4. The van der Waals surface area contributed by atoms with E-state index in [0.29, 0.717) is 19.3 Å². The van der Waals surface area contributed by atoms with E-state index in [1.807, 2.05) is 24.3 Å². The number of hydrogen-bond acceptors (Lipinski definition) is 5. The summed E-state index contributed by atoms with van der Waals surface area (Å²) in [6.07, 6.45) is 10.4. The summed E-state index contributed by atoms with van der Waals surface area (Å²) >= 11 is 6.59. The van der Waals surface area contributed by atoms with Crippen molar-refractivity contribution in [1.29, 1.82) is 0 Å². The molecule has 0 aliphatic heterocycles. The summed E-state index contributed by atoms with van der Waals surface area (Å²) in [5.41, 5.74) is 1.99. The van der Waals surface area contributed by atoms with Gasteiger partial charge in [0.15, 0.2) is 0 Å². The average Bonchev–Trinajstić information content (AvgIpc) is 3.07. The predicted octanol–water partition coefficient (Wildman–Crippen LogP) is 5.02. The van der Waals surface area contributed by atoms with Gasteiger partial charge in [-0.1, -0.05) is 62.6 Å². The third kappa shape index (κ3) is 8.51. The molecule has 5 nitrogen and oxygen atoms in total. The fourth-order valence-corrected chi connectivity index (χ4v) is 4.93. The van der Waals surface area contributed by atoms with Gasteiger partial charge >= 0.3 is 5.97 Å². The van der Waals surface area contributed by atoms with Gasteiger partial charge in [-0.05, 0) is 49.1 Å². The molecule has 0 aromatic heterocycles. The maximum atomic E-state index is 11.4. The van der Waals surface area contributed by atoms with Gasteiger partial charge in [0.2, 0.25) is 0 Å². The van der Waals surface area contributed by atoms with E-state index in [-0.39, 0.29) is 36.4 Å². The highest BCUT2D eigenvalue weighted by Crippen LogP contribution is 2.45. The summed E-state index contributed by atoms with van der Waals surface area (Å²) in [6.45, 7) is 2.05. The van der Waals surface area contributed by atoms with E-state index >= 15 is 0 Å². The van der Waals surface area contributed by atoms with Crippen molar-refractivity contribution < 1.29 is 24.9 Å². The van der Waals surface area contributed by atoms with Gasteiger partial charge in [-0.2, -0.15) is 0 Å². The standard InChI is InChI=1S/C26H39ClO5/c1-2-3-6-10-23(29)19-12-14-20(15-13-19)26-21(22(27)18-24(26)30)9-7-4-5-8-11-25(31)32-17-16-28/h4,7,12-15,21-24,26,28-30H,2-3,5-6,8-11,16-18H2,1H3/b7-4-/t21-,22+,23+,24+,26+/m0/s1. The Morgan fingerprint density at radius 1 is 1.22 bits per heavy atom. The van der Waals surface area contributed by atoms with Gasteiger partial charge in [0.25, 0.3) is 0 Å². The Bertz CT molecular complexity index is 690. The number of allylic oxidation sites excluding steroid dienone is 2. The first-order valence-electron chi connectivity index (χ1n) is 12.0. The minimum Gasteiger partial charge on any atom is -0.463 e. The van der Waals surface area contributed by atoms with Crippen LogP contribution < -0.4 is 0 Å². The van der Waals surface area contributed by atoms with Crippen LogP contribution in [-0.2, 0) is 9.53 Å². The van der Waals surface area contributed by atoms with Gasteiger partial charge in [-0.25, -0.2) is 0 Å². The summed E-state index contributed by atoms with van der Waals surface area (Å²) < 4.78 is 4.84. The van der Waals surface area contributed by atoms with Crippen molar-refractivity contribution in [2.24, 2.45) is 5.92 Å². The van der Waals surface area contributed by atoms with E-state index in [1.54, 1.807) is 0 Å². The van der Waals surface area contributed by atoms with Crippen molar-refractivity contribution in [3.63, 3.8) is 0 Å². The Morgan fingerprint density at radius 2 is 1.97 bits per heavy atom. The van der Waals surface area contributed by atoms with Crippen molar-refractivity contribution in [1.82, 2.24) is 0 Å². The fourth-order valence-electron chi connectivity index (χ4n) is 4.49. The smallest absolute Gasteiger partial charge is 0.305 e. The number of ether oxygens (including phenoxy) is 1. The SMILES string of the molecule is CCCCC[C@@H](O)c1ccc([C@@H]2[C@@H](C/C=C\CCCC(=O)OCCO)[C@H](Cl)C[C@H]2O)cc1. The summed E-state index contributed by atoms with van der Waals surface area (Å²) in [5, 5.41) is 29.6. The molecule has 0 spiro atoms. The maximum absolute atomic E-state index is 11.4. The van der Waals surface area contributed by atoms with Crippen LogP contribution in [0.4, 0.5) is 0 Å². The molecule has 32 heavy (non-hydrogen) atoms. The lowest BCUT2D eigenvalue weighted by molar-refractivity contribution is -0.144. The number of esters is 1. The molecule has 180 valence electrons. The third-order valence-corrected chi connectivity index (χ3v) is 6.78. The first kappa shape index (κ1) is 26.8. The molecule has 1 aromatic rings. The number of rotatable bonds is 14. The molecule has 1 fully saturated rings. The molecule has 1 aliphatic rings. The van der Waals surface area contributed by atoms with E-state index in [4.69, 9.17) is 21.4 Å². The second-order valence-electron chi connectivity index (χ2n) is 8.73. The van der Waals surface area contributed by atoms with Crippen LogP contribution in [0.1, 0.15) is 87.9 Å². The summed E-state index contributed by atoms with van der Waals surface area (Å²) in [7, 11) is 0. The monoisotopic (exact) mass is 466 g/mol. The quantitative estimate of drug-likeness (QED) is 0.155. The van der Waals surface area contributed by atoms with E-state index < -0.39 is 12.2 Å². The largest absolute Gasteiger partial charge is 0.463 e. The number of aliphatic hydroxyl groups excluding tert-OH is 3. The predicted molar refractivity (Wildman–Crippen MR) is 128 cm³/mol. The molecular weight excluding hydrogens is 428 g/mol. The topological polar surface area (TPSA) is 87.0 Å². The molecule has 1 aromatic carbocycles. The minimum absolute atomic E-state index is 0.0260. The highest BCUT2D eigenvalue weighted by atomic mass is 35.5. The molecule has 1 saturated carbocycles. The van der Waals surface area contributed by atoms with Crippen LogP contribution in [0.5, 0.6) is 0 Å². The van der Waals surface area contributed by atoms with Crippen LogP contribution in [0.15, 0.2) is 36.4 Å². The van der Waals surface area contributed by atoms with Gasteiger partial charge in [-0.15, -0.1) is 11.6 Å². The van der Waals surface area contributed by atoms with Gasteiger partial charge in [-0.3, -0.25) is 4.79 Å². The molecule has 3 N–H and O–H groups in total. The van der Waals surface area contributed by atoms with Crippen LogP contribution in [0.2, 0.25) is 0 Å². The third-order valence-electron chi connectivity index (χ3n) is 6.28. The van der Waals surface area contributed by atoms with E-state index in [9.17, 15) is 15.0 Å². The highest BCUT2D eigenvalue weighted by Gasteiger charge is 2.41. The number of carbonyl (C=O) groups excluding carboxylic acids is 1. The number of carbonyl (C=O) groups is 1. The highest BCUT2D eigenvalue weighted by molar-refractivity contribution is 6.21. The molecule has 5 atom stereocenters. The Balaban J connectivity index is 1.88. The average molecular weight is 467 g/mol. The zero-order chi connectivity index (χ0) is 23.3. The van der Waals surface area contributed by atoms with Gasteiger partial charge < -0.3 is 20.1 Å². The summed E-state index contributed by atoms with van der Waals surface area (Å²) in [5.74, 6) is -0.175. The van der Waals surface area contributed by atoms with Crippen molar-refractivity contribution in [2.45, 2.75) is 88.2 Å². The van der Waals surface area contributed by atoms with Crippen LogP contribution in [-0.4, -0.2) is 46.0 Å². The van der Waals surface area contributed by atoms with Crippen LogP contribution in [0.3, 0.4) is 0 Å². The van der Waals surface area contributed by atoms with Gasteiger partial charge in [0.1, 0.15) is 6.61 Å². The number of hydrogen-bond donors (Lipinski definition) is 3. The molecule has 0 amide bonds. The van der Waals surface area contributed by atoms with Crippen molar-refractivity contribution >= 4 is 17.6 Å². The lowest BCUT2D eigenvalue weighted by Gasteiger charge is -2.23. The number of aliphatic hydroxyl groups is 3. The van der Waals surface area contributed by atoms with Gasteiger partial charge in [0.05, 0.1) is 18.8 Å². The summed E-state index contributed by atoms with van der Waals surface area (Å²) in [6, 6.07) is 8.00. The molecule has 0 unspecified atom stereocenters. The lowest BCUT2D eigenvalue weighted by Crippen LogP contribution is -2.18. The molecule has 0 heterocycles. The lowest BCUT2D eigenvalue weighted by atomic mass is 9.84. The Labute approximate surface area is 197 Å². The number of unbranched alkanes of at least 4 members (excludes halogenated alkanes) is 3. The van der Waals surface area contributed by atoms with Crippen LogP contribution in [0, 0.1) is 5.92 Å². The zero-order valence-corrected chi connectivity index (χ0v) is 19.9. The second-order valence-corrected chi connectivity index (χ2v) is 9.29. The first-order chi connectivity index (χ1) is 15.5. The molecule has 6 heteroatoms. The number of halogens is 1. The second kappa shape index (κ2) is 14.7. The van der Waals surface area contributed by atoms with Crippen LogP contribution in [0.25, 0.3) is 0 Å². The normalized spacial score (nSPS) is 24.2. The van der Waals surface area contributed by atoms with Crippen molar-refractivity contribution in [3.8, 4) is 0 Å². The van der Waals surface area contributed by atoms with Crippen molar-refractivity contribution in [2.75, 3.05) is 13.2 Å². The molecule has 0 bridgehead atoms. The Hall–Kier alpha value is -1.40. The molecule has 2 rings (SSSR count). The molecule has 0 saturated heterocycles. The number of benzene rings is 1.